The van der Waals surface area contributed by atoms with E-state index in [-0.39, 0.29) is 0 Å². The van der Waals surface area contributed by atoms with Gasteiger partial charge in [-0.25, -0.2) is 0 Å². The Bertz CT molecular complexity index is 790. The molecule has 1 atom stereocenters. The fourth-order valence-corrected chi connectivity index (χ4v) is 4.12. The van der Waals surface area contributed by atoms with E-state index in [1.807, 2.05) is 24.3 Å². The van der Waals surface area contributed by atoms with E-state index >= 15 is 0 Å². The van der Waals surface area contributed by atoms with E-state index in [9.17, 15) is 5.11 Å². The molecule has 5 heteroatoms. The maximum atomic E-state index is 10.5. The Balaban J connectivity index is 1.47. The number of aliphatic hydroxyl groups is 1. The Morgan fingerprint density at radius 1 is 0.960 bits per heavy atom. The van der Waals surface area contributed by atoms with Gasteiger partial charge in [0.2, 0.25) is 0 Å². The molecule has 25 heavy (non-hydrogen) atoms. The maximum absolute atomic E-state index is 10.5. The molecule has 0 spiro atoms. The molecule has 0 saturated carbocycles. The molecule has 4 rings (SSSR count). The van der Waals surface area contributed by atoms with Crippen LogP contribution in [0.2, 0.25) is 0 Å². The van der Waals surface area contributed by atoms with E-state index < -0.39 is 6.10 Å². The summed E-state index contributed by atoms with van der Waals surface area (Å²) in [7, 11) is 0. The van der Waals surface area contributed by atoms with E-state index in [1.165, 1.54) is 9.79 Å². The van der Waals surface area contributed by atoms with E-state index in [2.05, 4.69) is 46.6 Å². The SMILES string of the molecule is OC(CNCc1ccco1)CN1c2ccccc2Sc2ccccc21. The first-order valence-electron chi connectivity index (χ1n) is 8.36. The molecule has 1 unspecified atom stereocenters. The van der Waals surface area contributed by atoms with Crippen molar-refractivity contribution in [1.82, 2.24) is 5.32 Å². The fraction of sp³-hybridized carbons (Fsp3) is 0.200. The Labute approximate surface area is 151 Å². The van der Waals surface area contributed by atoms with Gasteiger partial charge in [-0.3, -0.25) is 0 Å². The van der Waals surface area contributed by atoms with Crippen LogP contribution in [0.4, 0.5) is 11.4 Å². The first-order valence-corrected chi connectivity index (χ1v) is 9.17. The molecule has 0 aliphatic carbocycles. The number of hydrogen-bond donors (Lipinski definition) is 2. The molecular formula is C20H20N2O2S. The standard InChI is InChI=1S/C20H20N2O2S/c23-15(12-21-13-16-6-5-11-24-16)14-22-17-7-1-3-9-19(17)25-20-10-4-2-8-18(20)22/h1-11,15,21,23H,12-14H2. The summed E-state index contributed by atoms with van der Waals surface area (Å²) in [6.45, 7) is 1.67. The van der Waals surface area contributed by atoms with E-state index in [4.69, 9.17) is 4.42 Å². The lowest BCUT2D eigenvalue weighted by atomic mass is 10.2. The fourth-order valence-electron chi connectivity index (χ4n) is 3.03. The van der Waals surface area contributed by atoms with Crippen molar-refractivity contribution in [3.8, 4) is 0 Å². The minimum absolute atomic E-state index is 0.487. The van der Waals surface area contributed by atoms with E-state index in [1.54, 1.807) is 18.0 Å². The molecular weight excluding hydrogens is 332 g/mol. The lowest BCUT2D eigenvalue weighted by molar-refractivity contribution is 0.178. The highest BCUT2D eigenvalue weighted by Crippen LogP contribution is 2.47. The summed E-state index contributed by atoms with van der Waals surface area (Å²) < 4.78 is 5.30. The van der Waals surface area contributed by atoms with Crippen LogP contribution in [0.5, 0.6) is 0 Å². The number of rotatable bonds is 6. The molecule has 0 saturated heterocycles. The van der Waals surface area contributed by atoms with Crippen LogP contribution < -0.4 is 10.2 Å². The molecule has 0 bridgehead atoms. The molecule has 3 aromatic rings. The second-order valence-electron chi connectivity index (χ2n) is 6.01. The van der Waals surface area contributed by atoms with Crippen LogP contribution in [0.1, 0.15) is 5.76 Å². The monoisotopic (exact) mass is 352 g/mol. The number of hydrogen-bond acceptors (Lipinski definition) is 5. The number of para-hydroxylation sites is 2. The molecule has 128 valence electrons. The maximum Gasteiger partial charge on any atom is 0.117 e. The molecule has 2 heterocycles. The number of nitrogens with zero attached hydrogens (tertiary/aromatic N) is 1. The van der Waals surface area contributed by atoms with Crippen molar-refractivity contribution >= 4 is 23.1 Å². The van der Waals surface area contributed by atoms with Crippen molar-refractivity contribution in [2.75, 3.05) is 18.0 Å². The predicted molar refractivity (Wildman–Crippen MR) is 100 cm³/mol. The van der Waals surface area contributed by atoms with E-state index in [0.29, 0.717) is 19.6 Å². The highest BCUT2D eigenvalue weighted by Gasteiger charge is 2.24. The molecule has 2 aromatic carbocycles. The number of anilines is 2. The van der Waals surface area contributed by atoms with Crippen LogP contribution in [0.25, 0.3) is 0 Å². The zero-order valence-electron chi connectivity index (χ0n) is 13.8. The predicted octanol–water partition coefficient (Wildman–Crippen LogP) is 4.03. The first-order chi connectivity index (χ1) is 12.3. The summed E-state index contributed by atoms with van der Waals surface area (Å²) in [5.41, 5.74) is 2.30. The summed E-state index contributed by atoms with van der Waals surface area (Å²) >= 11 is 1.78. The van der Waals surface area contributed by atoms with Gasteiger partial charge in [0.15, 0.2) is 0 Å². The number of aliphatic hydroxyl groups excluding tert-OH is 1. The molecule has 4 nitrogen and oxygen atoms in total. The molecule has 0 amide bonds. The summed E-state index contributed by atoms with van der Waals surface area (Å²) in [6, 6.07) is 20.5. The van der Waals surface area contributed by atoms with Gasteiger partial charge in [-0.1, -0.05) is 36.0 Å². The van der Waals surface area contributed by atoms with Crippen LogP contribution in [-0.4, -0.2) is 24.3 Å². The van der Waals surface area contributed by atoms with Gasteiger partial charge in [0.1, 0.15) is 5.76 Å². The Hall–Kier alpha value is -2.21. The second kappa shape index (κ2) is 7.35. The van der Waals surface area contributed by atoms with Crippen molar-refractivity contribution in [2.45, 2.75) is 22.4 Å². The third-order valence-electron chi connectivity index (χ3n) is 4.18. The van der Waals surface area contributed by atoms with Gasteiger partial charge in [0, 0.05) is 16.3 Å². The third kappa shape index (κ3) is 3.58. The van der Waals surface area contributed by atoms with Gasteiger partial charge >= 0.3 is 0 Å². The van der Waals surface area contributed by atoms with Gasteiger partial charge in [-0.15, -0.1) is 0 Å². The lowest BCUT2D eigenvalue weighted by Gasteiger charge is -2.34. The Morgan fingerprint density at radius 2 is 1.64 bits per heavy atom. The van der Waals surface area contributed by atoms with Gasteiger partial charge in [0.05, 0.1) is 36.8 Å². The smallest absolute Gasteiger partial charge is 0.117 e. The molecule has 1 aliphatic heterocycles. The lowest BCUT2D eigenvalue weighted by Crippen LogP contribution is -2.37. The number of fused-ring (bicyclic) bond motifs is 2. The van der Waals surface area contributed by atoms with Crippen LogP contribution in [-0.2, 0) is 6.54 Å². The summed E-state index contributed by atoms with van der Waals surface area (Å²) in [5, 5.41) is 13.8. The number of benzene rings is 2. The van der Waals surface area contributed by atoms with Crippen LogP contribution in [0, 0.1) is 0 Å². The van der Waals surface area contributed by atoms with Gasteiger partial charge in [-0.2, -0.15) is 0 Å². The molecule has 1 aliphatic rings. The quantitative estimate of drug-likeness (QED) is 0.701. The number of β-amino-alcohol motifs (C(OH)–C–C–N with tert-alkyl or cyclic N) is 1. The Morgan fingerprint density at radius 3 is 2.28 bits per heavy atom. The zero-order valence-corrected chi connectivity index (χ0v) is 14.6. The number of nitrogens with one attached hydrogen (secondary N) is 1. The summed E-state index contributed by atoms with van der Waals surface area (Å²) in [5.74, 6) is 0.872. The van der Waals surface area contributed by atoms with Gasteiger partial charge in [-0.05, 0) is 36.4 Å². The highest BCUT2D eigenvalue weighted by molar-refractivity contribution is 7.99. The molecule has 0 fully saturated rings. The molecule has 2 N–H and O–H groups in total. The summed E-state index contributed by atoms with van der Waals surface area (Å²) in [6.07, 6.45) is 1.17. The van der Waals surface area contributed by atoms with Crippen LogP contribution >= 0.6 is 11.8 Å². The van der Waals surface area contributed by atoms with Crippen LogP contribution in [0.15, 0.2) is 81.1 Å². The van der Waals surface area contributed by atoms with Crippen molar-refractivity contribution in [3.63, 3.8) is 0 Å². The minimum Gasteiger partial charge on any atom is -0.468 e. The topological polar surface area (TPSA) is 48.6 Å². The second-order valence-corrected chi connectivity index (χ2v) is 7.10. The zero-order chi connectivity index (χ0) is 17.1. The van der Waals surface area contributed by atoms with Crippen LogP contribution in [0.3, 0.4) is 0 Å². The largest absolute Gasteiger partial charge is 0.468 e. The normalized spacial score (nSPS) is 14.0. The average molecular weight is 352 g/mol. The van der Waals surface area contributed by atoms with Crippen molar-refractivity contribution in [3.05, 3.63) is 72.7 Å². The number of furan rings is 1. The van der Waals surface area contributed by atoms with Crippen molar-refractivity contribution in [2.24, 2.45) is 0 Å². The first kappa shape index (κ1) is 16.3. The molecule has 0 radical (unpaired) electrons. The molecule has 1 aromatic heterocycles. The Kier molecular flexibility index (Phi) is 4.78. The summed E-state index contributed by atoms with van der Waals surface area (Å²) in [4.78, 5) is 4.65. The van der Waals surface area contributed by atoms with Gasteiger partial charge in [0.25, 0.3) is 0 Å². The minimum atomic E-state index is -0.487. The van der Waals surface area contributed by atoms with Crippen molar-refractivity contribution in [1.29, 1.82) is 0 Å². The highest BCUT2D eigenvalue weighted by atomic mass is 32.2. The van der Waals surface area contributed by atoms with Crippen molar-refractivity contribution < 1.29 is 9.52 Å². The van der Waals surface area contributed by atoms with E-state index in [0.717, 1.165) is 17.1 Å². The average Bonchev–Trinajstić information content (AvgIpc) is 3.15. The third-order valence-corrected chi connectivity index (χ3v) is 5.31. The van der Waals surface area contributed by atoms with Gasteiger partial charge < -0.3 is 19.7 Å².